The van der Waals surface area contributed by atoms with Gasteiger partial charge in [-0.1, -0.05) is 6.08 Å². The molecule has 0 radical (unpaired) electrons. The number of allylic oxidation sites excluding steroid dienone is 1. The average molecular weight is 297 g/mol. The molecule has 2 atom stereocenters. The Balaban J connectivity index is 2.21. The number of carbonyl (C=O) groups excluding carboxylic acids is 1. The molecular formula is C13H16FN3O4. The van der Waals surface area contributed by atoms with Crippen LogP contribution < -0.4 is 11.0 Å². The standard InChI is InChI=1S/C13H16FN3O4/c1-2-3-10(19)15-12-9(14)6-17(13(20)16-12)11-5-4-8(7-18)21-11/h2-3,6,8,11,18H,4-5,7H2,1H3,(H,15,16,19,20)/b3-2+. The number of anilines is 1. The van der Waals surface area contributed by atoms with Gasteiger partial charge < -0.3 is 15.2 Å². The maximum absolute atomic E-state index is 13.9. The number of carbonyl (C=O) groups is 1. The zero-order chi connectivity index (χ0) is 15.4. The molecule has 0 bridgehead atoms. The van der Waals surface area contributed by atoms with E-state index < -0.39 is 29.5 Å². The number of nitrogens with one attached hydrogen (secondary N) is 1. The van der Waals surface area contributed by atoms with E-state index in [-0.39, 0.29) is 12.7 Å². The predicted molar refractivity (Wildman–Crippen MR) is 72.1 cm³/mol. The van der Waals surface area contributed by atoms with Gasteiger partial charge in [-0.15, -0.1) is 0 Å². The fourth-order valence-electron chi connectivity index (χ4n) is 2.07. The van der Waals surface area contributed by atoms with Crippen molar-refractivity contribution in [2.75, 3.05) is 11.9 Å². The number of aliphatic hydroxyl groups excluding tert-OH is 1. The molecule has 0 aromatic carbocycles. The molecule has 1 aliphatic rings. The van der Waals surface area contributed by atoms with Gasteiger partial charge in [-0.05, 0) is 25.8 Å². The fourth-order valence-corrected chi connectivity index (χ4v) is 2.07. The van der Waals surface area contributed by atoms with E-state index in [1.165, 1.54) is 12.2 Å². The smallest absolute Gasteiger partial charge is 0.351 e. The second-order valence-electron chi connectivity index (χ2n) is 4.59. The maximum atomic E-state index is 13.9. The normalized spacial score (nSPS) is 21.9. The molecule has 21 heavy (non-hydrogen) atoms. The summed E-state index contributed by atoms with van der Waals surface area (Å²) in [6, 6.07) is 0. The fraction of sp³-hybridized carbons (Fsp3) is 0.462. The summed E-state index contributed by atoms with van der Waals surface area (Å²) in [7, 11) is 0. The molecule has 2 heterocycles. The number of rotatable bonds is 4. The molecule has 114 valence electrons. The topological polar surface area (TPSA) is 93.5 Å². The molecule has 8 heteroatoms. The number of halogens is 1. The largest absolute Gasteiger partial charge is 0.394 e. The summed E-state index contributed by atoms with van der Waals surface area (Å²) in [5.41, 5.74) is -0.726. The van der Waals surface area contributed by atoms with Crippen LogP contribution in [0, 0.1) is 5.82 Å². The summed E-state index contributed by atoms with van der Waals surface area (Å²) in [6.45, 7) is 1.48. The molecule has 1 aliphatic heterocycles. The van der Waals surface area contributed by atoms with Crippen molar-refractivity contribution in [3.8, 4) is 0 Å². The van der Waals surface area contributed by atoms with Crippen molar-refractivity contribution in [2.45, 2.75) is 32.1 Å². The third-order valence-corrected chi connectivity index (χ3v) is 3.07. The van der Waals surface area contributed by atoms with Crippen molar-refractivity contribution < 1.29 is 19.0 Å². The predicted octanol–water partition coefficient (Wildman–Crippen LogP) is 0.567. The maximum Gasteiger partial charge on any atom is 0.351 e. The first-order valence-corrected chi connectivity index (χ1v) is 6.53. The number of ether oxygens (including phenoxy) is 1. The van der Waals surface area contributed by atoms with Gasteiger partial charge in [0.15, 0.2) is 11.6 Å². The summed E-state index contributed by atoms with van der Waals surface area (Å²) in [5, 5.41) is 11.2. The van der Waals surface area contributed by atoms with Crippen molar-refractivity contribution >= 4 is 11.7 Å². The van der Waals surface area contributed by atoms with Crippen LogP contribution in [-0.2, 0) is 9.53 Å². The average Bonchev–Trinajstić information content (AvgIpc) is 2.91. The van der Waals surface area contributed by atoms with Crippen molar-refractivity contribution in [3.63, 3.8) is 0 Å². The molecule has 0 aliphatic carbocycles. The molecule has 2 rings (SSSR count). The van der Waals surface area contributed by atoms with E-state index >= 15 is 0 Å². The van der Waals surface area contributed by atoms with Gasteiger partial charge >= 0.3 is 5.69 Å². The zero-order valence-electron chi connectivity index (χ0n) is 11.5. The van der Waals surface area contributed by atoms with Crippen LogP contribution in [0.25, 0.3) is 0 Å². The first kappa shape index (κ1) is 15.3. The lowest BCUT2D eigenvalue weighted by atomic mass is 10.2. The summed E-state index contributed by atoms with van der Waals surface area (Å²) >= 11 is 0. The first-order valence-electron chi connectivity index (χ1n) is 6.53. The second kappa shape index (κ2) is 6.59. The Kier molecular flexibility index (Phi) is 4.81. The van der Waals surface area contributed by atoms with Crippen molar-refractivity contribution in [1.29, 1.82) is 0 Å². The van der Waals surface area contributed by atoms with Crippen LogP contribution in [0.1, 0.15) is 26.0 Å². The van der Waals surface area contributed by atoms with E-state index in [2.05, 4.69) is 10.3 Å². The lowest BCUT2D eigenvalue weighted by Gasteiger charge is -2.15. The Bertz CT molecular complexity index is 614. The number of nitrogens with zero attached hydrogens (tertiary/aromatic N) is 2. The number of aromatic nitrogens is 2. The number of amides is 1. The minimum Gasteiger partial charge on any atom is -0.394 e. The van der Waals surface area contributed by atoms with Gasteiger partial charge in [-0.25, -0.2) is 9.18 Å². The van der Waals surface area contributed by atoms with Gasteiger partial charge in [0.1, 0.15) is 6.23 Å². The van der Waals surface area contributed by atoms with Gasteiger partial charge in [0, 0.05) is 0 Å². The monoisotopic (exact) mass is 297 g/mol. The van der Waals surface area contributed by atoms with Crippen LogP contribution in [0.4, 0.5) is 10.2 Å². The highest BCUT2D eigenvalue weighted by Gasteiger charge is 2.27. The molecule has 2 N–H and O–H groups in total. The van der Waals surface area contributed by atoms with Crippen LogP contribution in [0.15, 0.2) is 23.1 Å². The molecule has 0 spiro atoms. The molecule has 2 unspecified atom stereocenters. The van der Waals surface area contributed by atoms with Crippen LogP contribution in [0.2, 0.25) is 0 Å². The first-order chi connectivity index (χ1) is 10.0. The van der Waals surface area contributed by atoms with Gasteiger partial charge in [-0.2, -0.15) is 4.98 Å². The lowest BCUT2D eigenvalue weighted by Crippen LogP contribution is -2.29. The third-order valence-electron chi connectivity index (χ3n) is 3.07. The second-order valence-corrected chi connectivity index (χ2v) is 4.59. The van der Waals surface area contributed by atoms with Gasteiger partial charge in [0.2, 0.25) is 5.91 Å². The highest BCUT2D eigenvalue weighted by molar-refractivity contribution is 5.98. The summed E-state index contributed by atoms with van der Waals surface area (Å²) in [6.07, 6.45) is 3.67. The van der Waals surface area contributed by atoms with Crippen LogP contribution in [0.5, 0.6) is 0 Å². The molecule has 1 aromatic rings. The molecule has 1 amide bonds. The number of aliphatic hydroxyl groups is 1. The Morgan fingerprint density at radius 3 is 3.05 bits per heavy atom. The molecule has 7 nitrogen and oxygen atoms in total. The van der Waals surface area contributed by atoms with E-state index in [0.717, 1.165) is 10.8 Å². The van der Waals surface area contributed by atoms with Gasteiger partial charge in [-0.3, -0.25) is 9.36 Å². The SMILES string of the molecule is C/C=C/C(=O)Nc1nc(=O)n(C2CCC(CO)O2)cc1F. The summed E-state index contributed by atoms with van der Waals surface area (Å²) in [5.74, 6) is -1.82. The van der Waals surface area contributed by atoms with E-state index in [1.807, 2.05) is 0 Å². The van der Waals surface area contributed by atoms with E-state index in [4.69, 9.17) is 9.84 Å². The third kappa shape index (κ3) is 3.53. The highest BCUT2D eigenvalue weighted by Crippen LogP contribution is 2.27. The van der Waals surface area contributed by atoms with Crippen LogP contribution >= 0.6 is 0 Å². The highest BCUT2D eigenvalue weighted by atomic mass is 19.1. The van der Waals surface area contributed by atoms with E-state index in [9.17, 15) is 14.0 Å². The number of hydrogen-bond acceptors (Lipinski definition) is 5. The molecule has 0 saturated carbocycles. The Morgan fingerprint density at radius 2 is 2.43 bits per heavy atom. The molecule has 1 aromatic heterocycles. The molecular weight excluding hydrogens is 281 g/mol. The van der Waals surface area contributed by atoms with Crippen LogP contribution in [0.3, 0.4) is 0 Å². The summed E-state index contributed by atoms with van der Waals surface area (Å²) in [4.78, 5) is 26.7. The Hall–Kier alpha value is -2.06. The Morgan fingerprint density at radius 1 is 1.67 bits per heavy atom. The Labute approximate surface area is 120 Å². The van der Waals surface area contributed by atoms with Crippen LogP contribution in [-0.4, -0.2) is 33.3 Å². The summed E-state index contributed by atoms with van der Waals surface area (Å²) < 4.78 is 20.3. The lowest BCUT2D eigenvalue weighted by molar-refractivity contribution is -0.112. The minimum atomic E-state index is -0.830. The van der Waals surface area contributed by atoms with Gasteiger partial charge in [0.05, 0.1) is 18.9 Å². The van der Waals surface area contributed by atoms with Crippen molar-refractivity contribution in [1.82, 2.24) is 9.55 Å². The van der Waals surface area contributed by atoms with Gasteiger partial charge in [0.25, 0.3) is 0 Å². The molecule has 1 saturated heterocycles. The van der Waals surface area contributed by atoms with E-state index in [0.29, 0.717) is 12.8 Å². The quantitative estimate of drug-likeness (QED) is 0.792. The van der Waals surface area contributed by atoms with Crippen molar-refractivity contribution in [2.24, 2.45) is 0 Å². The number of hydrogen-bond donors (Lipinski definition) is 2. The van der Waals surface area contributed by atoms with E-state index in [1.54, 1.807) is 6.92 Å². The minimum absolute atomic E-state index is 0.154. The van der Waals surface area contributed by atoms with Crippen molar-refractivity contribution in [3.05, 3.63) is 34.7 Å². The zero-order valence-corrected chi connectivity index (χ0v) is 11.5. The molecule has 1 fully saturated rings.